The smallest absolute Gasteiger partial charge is 0.161 e. The molecule has 7 nitrogen and oxygen atoms in total. The number of rotatable bonds is 2. The van der Waals surface area contributed by atoms with Gasteiger partial charge in [0, 0.05) is 42.2 Å². The highest BCUT2D eigenvalue weighted by Crippen LogP contribution is 2.35. The normalized spacial score (nSPS) is 14.1. The lowest BCUT2D eigenvalue weighted by Crippen LogP contribution is -2.30. The topological polar surface area (TPSA) is 87.2 Å². The highest BCUT2D eigenvalue weighted by molar-refractivity contribution is 5.92. The average molecular weight is 297 g/mol. The fourth-order valence-corrected chi connectivity index (χ4v) is 2.88. The molecule has 1 aliphatic rings. The minimum absolute atomic E-state index is 0.0791. The van der Waals surface area contributed by atoms with E-state index >= 15 is 0 Å². The van der Waals surface area contributed by atoms with Crippen LogP contribution in [0.15, 0.2) is 24.7 Å². The van der Waals surface area contributed by atoms with Crippen molar-refractivity contribution < 1.29 is 9.84 Å². The second-order valence-corrected chi connectivity index (χ2v) is 5.28. The van der Waals surface area contributed by atoms with Crippen LogP contribution in [0.1, 0.15) is 11.3 Å². The third-order valence-corrected chi connectivity index (χ3v) is 4.01. The number of aromatic amines is 1. The first-order chi connectivity index (χ1) is 10.8. The monoisotopic (exact) mass is 297 g/mol. The molecule has 7 heteroatoms. The molecule has 0 saturated heterocycles. The van der Waals surface area contributed by atoms with Gasteiger partial charge in [-0.2, -0.15) is 5.10 Å². The number of ether oxygens (including phenoxy) is 1. The molecule has 0 fully saturated rings. The summed E-state index contributed by atoms with van der Waals surface area (Å²) >= 11 is 0. The molecular formula is C15H15N5O2. The molecule has 0 unspecified atom stereocenters. The van der Waals surface area contributed by atoms with Crippen molar-refractivity contribution in [2.45, 2.75) is 13.0 Å². The lowest BCUT2D eigenvalue weighted by Gasteiger charge is -2.28. The number of methoxy groups -OCH3 is 1. The number of aromatic nitrogens is 4. The van der Waals surface area contributed by atoms with Gasteiger partial charge in [0.15, 0.2) is 11.5 Å². The van der Waals surface area contributed by atoms with Crippen molar-refractivity contribution in [3.63, 3.8) is 0 Å². The number of hydrogen-bond acceptors (Lipinski definition) is 6. The van der Waals surface area contributed by atoms with Crippen LogP contribution in [0.2, 0.25) is 0 Å². The van der Waals surface area contributed by atoms with Crippen molar-refractivity contribution in [2.24, 2.45) is 0 Å². The van der Waals surface area contributed by atoms with E-state index in [1.807, 2.05) is 6.20 Å². The number of anilines is 1. The Morgan fingerprint density at radius 2 is 2.23 bits per heavy atom. The number of benzene rings is 1. The average Bonchev–Trinajstić information content (AvgIpc) is 3.01. The molecule has 0 bridgehead atoms. The highest BCUT2D eigenvalue weighted by Gasteiger charge is 2.21. The number of aromatic hydroxyl groups is 1. The number of phenols is 1. The van der Waals surface area contributed by atoms with Gasteiger partial charge in [-0.15, -0.1) is 0 Å². The standard InChI is InChI=1S/C15H15N5O2/c1-22-14-4-10-12(5-13(14)21)16-8-17-15(10)20-3-2-11-9(7-20)6-18-19-11/h4-6,8,21H,2-3,7H2,1H3,(H,18,19). The van der Waals surface area contributed by atoms with Crippen molar-refractivity contribution in [3.8, 4) is 11.5 Å². The third kappa shape index (κ3) is 1.93. The Kier molecular flexibility index (Phi) is 2.85. The first-order valence-electron chi connectivity index (χ1n) is 7.04. The Labute approximate surface area is 126 Å². The Bertz CT molecular complexity index is 845. The molecule has 1 aromatic carbocycles. The molecule has 0 spiro atoms. The fraction of sp³-hybridized carbons (Fsp3) is 0.267. The molecule has 0 amide bonds. The van der Waals surface area contributed by atoms with Gasteiger partial charge in [0.05, 0.1) is 18.8 Å². The minimum atomic E-state index is 0.0791. The summed E-state index contributed by atoms with van der Waals surface area (Å²) in [7, 11) is 1.53. The van der Waals surface area contributed by atoms with Crippen LogP contribution >= 0.6 is 0 Å². The number of fused-ring (bicyclic) bond motifs is 2. The van der Waals surface area contributed by atoms with E-state index in [1.165, 1.54) is 24.7 Å². The van der Waals surface area contributed by atoms with Crippen LogP contribution in [-0.2, 0) is 13.0 Å². The Hall–Kier alpha value is -2.83. The molecule has 112 valence electrons. The first kappa shape index (κ1) is 12.9. The van der Waals surface area contributed by atoms with Crippen LogP contribution in [-0.4, -0.2) is 38.9 Å². The van der Waals surface area contributed by atoms with Gasteiger partial charge in [-0.05, 0) is 6.07 Å². The second-order valence-electron chi connectivity index (χ2n) is 5.28. The van der Waals surface area contributed by atoms with Crippen molar-refractivity contribution in [2.75, 3.05) is 18.6 Å². The molecule has 2 N–H and O–H groups in total. The first-order valence-corrected chi connectivity index (χ1v) is 7.04. The molecular weight excluding hydrogens is 282 g/mol. The SMILES string of the molecule is COc1cc2c(N3CCc4[nH]ncc4C3)ncnc2cc1O. The van der Waals surface area contributed by atoms with E-state index in [-0.39, 0.29) is 5.75 Å². The quantitative estimate of drug-likeness (QED) is 0.747. The maximum atomic E-state index is 9.90. The largest absolute Gasteiger partial charge is 0.504 e. The van der Waals surface area contributed by atoms with Gasteiger partial charge in [0.2, 0.25) is 0 Å². The van der Waals surface area contributed by atoms with E-state index in [4.69, 9.17) is 4.74 Å². The van der Waals surface area contributed by atoms with E-state index in [9.17, 15) is 5.11 Å². The molecule has 2 aromatic heterocycles. The molecule has 22 heavy (non-hydrogen) atoms. The molecule has 3 aromatic rings. The summed E-state index contributed by atoms with van der Waals surface area (Å²) in [5, 5.41) is 17.9. The Morgan fingerprint density at radius 3 is 3.09 bits per heavy atom. The summed E-state index contributed by atoms with van der Waals surface area (Å²) < 4.78 is 5.20. The van der Waals surface area contributed by atoms with Crippen molar-refractivity contribution >= 4 is 16.7 Å². The van der Waals surface area contributed by atoms with E-state index in [0.29, 0.717) is 11.3 Å². The van der Waals surface area contributed by atoms with Gasteiger partial charge in [0.1, 0.15) is 12.1 Å². The minimum Gasteiger partial charge on any atom is -0.504 e. The van der Waals surface area contributed by atoms with Gasteiger partial charge in [-0.3, -0.25) is 5.10 Å². The van der Waals surface area contributed by atoms with Crippen LogP contribution in [0.3, 0.4) is 0 Å². The predicted octanol–water partition coefficient (Wildman–Crippen LogP) is 1.63. The molecule has 4 rings (SSSR count). The third-order valence-electron chi connectivity index (χ3n) is 4.01. The zero-order valence-corrected chi connectivity index (χ0v) is 12.1. The Balaban J connectivity index is 1.82. The molecule has 0 radical (unpaired) electrons. The maximum Gasteiger partial charge on any atom is 0.161 e. The lowest BCUT2D eigenvalue weighted by atomic mass is 10.1. The zero-order valence-electron chi connectivity index (χ0n) is 12.1. The van der Waals surface area contributed by atoms with Crippen LogP contribution in [0, 0.1) is 0 Å². The predicted molar refractivity (Wildman–Crippen MR) is 81.1 cm³/mol. The number of hydrogen-bond donors (Lipinski definition) is 2. The van der Waals surface area contributed by atoms with E-state index < -0.39 is 0 Å². The number of nitrogens with one attached hydrogen (secondary N) is 1. The van der Waals surface area contributed by atoms with Gasteiger partial charge < -0.3 is 14.7 Å². The van der Waals surface area contributed by atoms with Crippen molar-refractivity contribution in [1.82, 2.24) is 20.2 Å². The number of nitrogens with zero attached hydrogens (tertiary/aromatic N) is 4. The zero-order chi connectivity index (χ0) is 15.1. The summed E-state index contributed by atoms with van der Waals surface area (Å²) in [5.74, 6) is 1.34. The summed E-state index contributed by atoms with van der Waals surface area (Å²) in [4.78, 5) is 10.9. The molecule has 0 aliphatic carbocycles. The summed E-state index contributed by atoms with van der Waals surface area (Å²) in [6.45, 7) is 1.60. The van der Waals surface area contributed by atoms with Gasteiger partial charge in [0.25, 0.3) is 0 Å². The number of H-pyrrole nitrogens is 1. The van der Waals surface area contributed by atoms with Crippen LogP contribution < -0.4 is 9.64 Å². The van der Waals surface area contributed by atoms with Crippen LogP contribution in [0.5, 0.6) is 11.5 Å². The van der Waals surface area contributed by atoms with E-state index in [2.05, 4.69) is 25.1 Å². The summed E-state index contributed by atoms with van der Waals surface area (Å²) in [6, 6.07) is 3.39. The highest BCUT2D eigenvalue weighted by atomic mass is 16.5. The molecule has 0 saturated carbocycles. The van der Waals surface area contributed by atoms with Gasteiger partial charge in [-0.1, -0.05) is 0 Å². The van der Waals surface area contributed by atoms with Crippen molar-refractivity contribution in [1.29, 1.82) is 0 Å². The van der Waals surface area contributed by atoms with Crippen molar-refractivity contribution in [3.05, 3.63) is 35.9 Å². The van der Waals surface area contributed by atoms with Crippen LogP contribution in [0.25, 0.3) is 10.9 Å². The van der Waals surface area contributed by atoms with Gasteiger partial charge in [-0.25, -0.2) is 9.97 Å². The number of phenolic OH excluding ortho intramolecular Hbond substituents is 1. The molecule has 3 heterocycles. The lowest BCUT2D eigenvalue weighted by molar-refractivity contribution is 0.374. The van der Waals surface area contributed by atoms with Crippen LogP contribution in [0.4, 0.5) is 5.82 Å². The van der Waals surface area contributed by atoms with E-state index in [1.54, 1.807) is 12.1 Å². The second kappa shape index (κ2) is 4.87. The van der Waals surface area contributed by atoms with Gasteiger partial charge >= 0.3 is 0 Å². The molecule has 1 aliphatic heterocycles. The van der Waals surface area contributed by atoms with E-state index in [0.717, 1.165) is 30.7 Å². The fourth-order valence-electron chi connectivity index (χ4n) is 2.88. The molecule has 0 atom stereocenters. The maximum absolute atomic E-state index is 9.90. The summed E-state index contributed by atoms with van der Waals surface area (Å²) in [6.07, 6.45) is 4.28. The summed E-state index contributed by atoms with van der Waals surface area (Å²) in [5.41, 5.74) is 3.06. The Morgan fingerprint density at radius 1 is 1.32 bits per heavy atom.